The number of carbonyl (C=O) groups is 2. The number of rotatable bonds is 8. The average Bonchev–Trinajstić information content (AvgIpc) is 2.80. The molecule has 1 unspecified atom stereocenters. The van der Waals surface area contributed by atoms with Crippen LogP contribution in [0, 0.1) is 0 Å². The number of esters is 1. The SMILES string of the molecule is CC(OC(=O)/C=C/c1ccc(OCc2ccc(Cl)cc2)cc1)C(=O)Nc1cc(Cl)ccc1Cl. The van der Waals surface area contributed by atoms with Crippen molar-refractivity contribution >= 4 is 58.4 Å². The molecule has 170 valence electrons. The summed E-state index contributed by atoms with van der Waals surface area (Å²) in [5.41, 5.74) is 2.11. The fraction of sp³-hybridized carbons (Fsp3) is 0.120. The van der Waals surface area contributed by atoms with Crippen molar-refractivity contribution in [1.82, 2.24) is 0 Å². The Kier molecular flexibility index (Phi) is 8.78. The highest BCUT2D eigenvalue weighted by Gasteiger charge is 2.18. The van der Waals surface area contributed by atoms with Crippen LogP contribution in [0.2, 0.25) is 15.1 Å². The summed E-state index contributed by atoms with van der Waals surface area (Å²) in [6.45, 7) is 1.88. The lowest BCUT2D eigenvalue weighted by molar-refractivity contribution is -0.148. The summed E-state index contributed by atoms with van der Waals surface area (Å²) < 4.78 is 10.9. The van der Waals surface area contributed by atoms with Gasteiger partial charge in [-0.2, -0.15) is 0 Å². The predicted molar refractivity (Wildman–Crippen MR) is 132 cm³/mol. The van der Waals surface area contributed by atoms with Crippen LogP contribution < -0.4 is 10.1 Å². The summed E-state index contributed by atoms with van der Waals surface area (Å²) >= 11 is 17.8. The Hall–Kier alpha value is -2.99. The predicted octanol–water partition coefficient (Wildman–Crippen LogP) is 6.81. The van der Waals surface area contributed by atoms with Gasteiger partial charge in [0, 0.05) is 16.1 Å². The third-order valence-electron chi connectivity index (χ3n) is 4.46. The number of amides is 1. The lowest BCUT2D eigenvalue weighted by Gasteiger charge is -2.13. The van der Waals surface area contributed by atoms with E-state index in [-0.39, 0.29) is 0 Å². The second-order valence-electron chi connectivity index (χ2n) is 7.01. The molecule has 3 rings (SSSR count). The monoisotopic (exact) mass is 503 g/mol. The topological polar surface area (TPSA) is 64.6 Å². The number of ether oxygens (including phenoxy) is 2. The standard InChI is InChI=1S/C25H20Cl3NO4/c1-16(25(31)29-23-14-20(27)9-12-22(23)28)33-24(30)13-6-17-4-10-21(11-5-17)32-15-18-2-7-19(26)8-3-18/h2-14,16H,15H2,1H3,(H,29,31)/b13-6+. The van der Waals surface area contributed by atoms with E-state index in [1.54, 1.807) is 42.5 Å². The summed E-state index contributed by atoms with van der Waals surface area (Å²) in [4.78, 5) is 24.4. The van der Waals surface area contributed by atoms with E-state index in [0.717, 1.165) is 11.1 Å². The molecule has 3 aromatic rings. The largest absolute Gasteiger partial charge is 0.489 e. The van der Waals surface area contributed by atoms with Gasteiger partial charge in [-0.3, -0.25) is 4.79 Å². The number of carbonyl (C=O) groups excluding carboxylic acids is 2. The molecule has 0 radical (unpaired) electrons. The number of nitrogens with one attached hydrogen (secondary N) is 1. The molecule has 3 aromatic carbocycles. The van der Waals surface area contributed by atoms with Gasteiger partial charge in [0.15, 0.2) is 6.10 Å². The van der Waals surface area contributed by atoms with Gasteiger partial charge in [-0.05, 0) is 66.6 Å². The summed E-state index contributed by atoms with van der Waals surface area (Å²) in [5, 5.41) is 4.01. The van der Waals surface area contributed by atoms with Crippen molar-refractivity contribution in [3.05, 3.63) is 99.0 Å². The Bertz CT molecular complexity index is 1150. The Morgan fingerprint density at radius 3 is 2.30 bits per heavy atom. The first-order valence-electron chi connectivity index (χ1n) is 9.92. The zero-order valence-electron chi connectivity index (χ0n) is 17.6. The van der Waals surface area contributed by atoms with E-state index in [0.29, 0.717) is 33.1 Å². The average molecular weight is 505 g/mol. The zero-order chi connectivity index (χ0) is 23.8. The maximum absolute atomic E-state index is 12.3. The lowest BCUT2D eigenvalue weighted by atomic mass is 10.2. The van der Waals surface area contributed by atoms with Gasteiger partial charge >= 0.3 is 5.97 Å². The Morgan fingerprint density at radius 1 is 0.939 bits per heavy atom. The van der Waals surface area contributed by atoms with Gasteiger partial charge in [0.2, 0.25) is 0 Å². The van der Waals surface area contributed by atoms with Crippen LogP contribution in [0.1, 0.15) is 18.1 Å². The number of hydrogen-bond acceptors (Lipinski definition) is 4. The van der Waals surface area contributed by atoms with Crippen molar-refractivity contribution in [1.29, 1.82) is 0 Å². The van der Waals surface area contributed by atoms with Crippen LogP contribution in [-0.4, -0.2) is 18.0 Å². The van der Waals surface area contributed by atoms with Crippen molar-refractivity contribution < 1.29 is 19.1 Å². The Labute approximate surface area is 206 Å². The molecule has 0 fully saturated rings. The van der Waals surface area contributed by atoms with Gasteiger partial charge < -0.3 is 14.8 Å². The van der Waals surface area contributed by atoms with Gasteiger partial charge in [0.25, 0.3) is 5.91 Å². The van der Waals surface area contributed by atoms with Crippen LogP contribution in [0.5, 0.6) is 5.75 Å². The molecule has 0 spiro atoms. The van der Waals surface area contributed by atoms with E-state index in [1.807, 2.05) is 24.3 Å². The van der Waals surface area contributed by atoms with Gasteiger partial charge in [-0.25, -0.2) is 4.79 Å². The molecule has 1 atom stereocenters. The van der Waals surface area contributed by atoms with E-state index in [2.05, 4.69) is 5.32 Å². The van der Waals surface area contributed by atoms with E-state index >= 15 is 0 Å². The lowest BCUT2D eigenvalue weighted by Crippen LogP contribution is -2.29. The van der Waals surface area contributed by atoms with Gasteiger partial charge in [0.1, 0.15) is 12.4 Å². The van der Waals surface area contributed by atoms with E-state index in [1.165, 1.54) is 19.1 Å². The smallest absolute Gasteiger partial charge is 0.331 e. The van der Waals surface area contributed by atoms with Gasteiger partial charge in [-0.15, -0.1) is 0 Å². The number of benzene rings is 3. The Balaban J connectivity index is 1.48. The van der Waals surface area contributed by atoms with Crippen LogP contribution in [0.25, 0.3) is 6.08 Å². The molecule has 0 aliphatic rings. The van der Waals surface area contributed by atoms with Gasteiger partial charge in [-0.1, -0.05) is 59.1 Å². The molecule has 1 amide bonds. The van der Waals surface area contributed by atoms with E-state index < -0.39 is 18.0 Å². The minimum Gasteiger partial charge on any atom is -0.489 e. The molecule has 0 bridgehead atoms. The van der Waals surface area contributed by atoms with Crippen LogP contribution in [0.3, 0.4) is 0 Å². The van der Waals surface area contributed by atoms with E-state index in [4.69, 9.17) is 44.3 Å². The van der Waals surface area contributed by atoms with E-state index in [9.17, 15) is 9.59 Å². The van der Waals surface area contributed by atoms with Crippen LogP contribution >= 0.6 is 34.8 Å². The van der Waals surface area contributed by atoms with Gasteiger partial charge in [0.05, 0.1) is 10.7 Å². The molecule has 8 heteroatoms. The van der Waals surface area contributed by atoms with Crippen molar-refractivity contribution in [3.8, 4) is 5.75 Å². The highest BCUT2D eigenvalue weighted by atomic mass is 35.5. The minimum atomic E-state index is -1.03. The molecular weight excluding hydrogens is 485 g/mol. The third kappa shape index (κ3) is 7.82. The van der Waals surface area contributed by atoms with Crippen molar-refractivity contribution in [2.75, 3.05) is 5.32 Å². The van der Waals surface area contributed by atoms with Crippen LogP contribution in [0.4, 0.5) is 5.69 Å². The highest BCUT2D eigenvalue weighted by Crippen LogP contribution is 2.25. The first kappa shape index (κ1) is 24.6. The zero-order valence-corrected chi connectivity index (χ0v) is 19.8. The van der Waals surface area contributed by atoms with Crippen molar-refractivity contribution in [2.24, 2.45) is 0 Å². The van der Waals surface area contributed by atoms with Crippen LogP contribution in [-0.2, 0) is 20.9 Å². The fourth-order valence-corrected chi connectivity index (χ4v) is 3.14. The second-order valence-corrected chi connectivity index (χ2v) is 8.29. The number of anilines is 1. The summed E-state index contributed by atoms with van der Waals surface area (Å²) in [6, 6.07) is 19.3. The molecule has 0 aliphatic carbocycles. The van der Waals surface area contributed by atoms with Crippen LogP contribution in [0.15, 0.2) is 72.8 Å². The highest BCUT2D eigenvalue weighted by molar-refractivity contribution is 6.35. The molecule has 0 aromatic heterocycles. The second kappa shape index (κ2) is 11.8. The fourth-order valence-electron chi connectivity index (χ4n) is 2.68. The molecule has 0 saturated heterocycles. The maximum Gasteiger partial charge on any atom is 0.331 e. The molecule has 0 saturated carbocycles. The summed E-state index contributed by atoms with van der Waals surface area (Å²) in [5.74, 6) is -0.490. The molecule has 1 N–H and O–H groups in total. The third-order valence-corrected chi connectivity index (χ3v) is 5.28. The quantitative estimate of drug-likeness (QED) is 0.270. The molecule has 33 heavy (non-hydrogen) atoms. The number of hydrogen-bond donors (Lipinski definition) is 1. The first-order valence-corrected chi connectivity index (χ1v) is 11.1. The molecular formula is C25H20Cl3NO4. The normalized spacial score (nSPS) is 11.8. The molecule has 0 heterocycles. The first-order chi connectivity index (χ1) is 15.8. The van der Waals surface area contributed by atoms with Crippen molar-refractivity contribution in [2.45, 2.75) is 19.6 Å². The summed E-state index contributed by atoms with van der Waals surface area (Å²) in [6.07, 6.45) is 1.81. The van der Waals surface area contributed by atoms with Crippen molar-refractivity contribution in [3.63, 3.8) is 0 Å². The Morgan fingerprint density at radius 2 is 1.61 bits per heavy atom. The minimum absolute atomic E-state index is 0.326. The molecule has 5 nitrogen and oxygen atoms in total. The summed E-state index contributed by atoms with van der Waals surface area (Å²) in [7, 11) is 0. The number of halogens is 3. The maximum atomic E-state index is 12.3. The molecule has 0 aliphatic heterocycles.